The van der Waals surface area contributed by atoms with Crippen molar-refractivity contribution in [3.63, 3.8) is 0 Å². The molecule has 1 aromatic carbocycles. The Morgan fingerprint density at radius 2 is 2.35 bits per heavy atom. The third-order valence-electron chi connectivity index (χ3n) is 3.09. The summed E-state index contributed by atoms with van der Waals surface area (Å²) in [4.78, 5) is 13.7. The highest BCUT2D eigenvalue weighted by Crippen LogP contribution is 2.39. The molecule has 1 saturated heterocycles. The monoisotopic (exact) mass is 317 g/mol. The van der Waals surface area contributed by atoms with Gasteiger partial charge >= 0.3 is 0 Å². The molecular formula is C14H17ClFNO2S. The summed E-state index contributed by atoms with van der Waals surface area (Å²) >= 11 is 7.36. The zero-order valence-electron chi connectivity index (χ0n) is 11.3. The van der Waals surface area contributed by atoms with Crippen LogP contribution in [0.1, 0.15) is 24.3 Å². The second kappa shape index (κ2) is 7.29. The van der Waals surface area contributed by atoms with Crippen LogP contribution in [0.4, 0.5) is 4.39 Å². The second-order valence-corrected chi connectivity index (χ2v) is 5.95. The lowest BCUT2D eigenvalue weighted by molar-refractivity contribution is -0.128. The summed E-state index contributed by atoms with van der Waals surface area (Å²) in [5.74, 6) is 0.124. The van der Waals surface area contributed by atoms with E-state index in [1.54, 1.807) is 23.9 Å². The lowest BCUT2D eigenvalue weighted by atomic mass is 10.2. The van der Waals surface area contributed by atoms with E-state index in [1.807, 2.05) is 11.8 Å². The van der Waals surface area contributed by atoms with Crippen molar-refractivity contribution in [2.75, 3.05) is 25.5 Å². The van der Waals surface area contributed by atoms with E-state index in [0.29, 0.717) is 25.5 Å². The molecule has 3 nitrogen and oxygen atoms in total. The number of benzene rings is 1. The fourth-order valence-corrected chi connectivity index (χ4v) is 3.52. The van der Waals surface area contributed by atoms with E-state index in [4.69, 9.17) is 16.3 Å². The Morgan fingerprint density at radius 3 is 3.05 bits per heavy atom. The number of thioether (sulfide) groups is 1. The second-order valence-electron chi connectivity index (χ2n) is 4.47. The third-order valence-corrected chi connectivity index (χ3v) is 4.63. The van der Waals surface area contributed by atoms with Crippen LogP contribution in [0.5, 0.6) is 0 Å². The van der Waals surface area contributed by atoms with Crippen LogP contribution in [-0.4, -0.2) is 36.3 Å². The highest BCUT2D eigenvalue weighted by molar-refractivity contribution is 8.00. The molecule has 0 saturated carbocycles. The van der Waals surface area contributed by atoms with Gasteiger partial charge in [-0.2, -0.15) is 0 Å². The van der Waals surface area contributed by atoms with Crippen LogP contribution in [0, 0.1) is 5.82 Å². The van der Waals surface area contributed by atoms with Crippen LogP contribution in [0.3, 0.4) is 0 Å². The number of hydrogen-bond donors (Lipinski definition) is 0. The smallest absolute Gasteiger partial charge is 0.233 e. The highest BCUT2D eigenvalue weighted by atomic mass is 35.5. The molecule has 1 aliphatic rings. The Balaban J connectivity index is 2.05. The van der Waals surface area contributed by atoms with Crippen molar-refractivity contribution in [3.05, 3.63) is 34.6 Å². The van der Waals surface area contributed by atoms with E-state index in [1.165, 1.54) is 6.07 Å². The Labute approximate surface area is 127 Å². The Kier molecular flexibility index (Phi) is 5.69. The van der Waals surface area contributed by atoms with E-state index >= 15 is 0 Å². The predicted octanol–water partition coefficient (Wildman–Crippen LogP) is 3.48. The molecule has 1 unspecified atom stereocenters. The van der Waals surface area contributed by atoms with Crippen LogP contribution in [0.2, 0.25) is 5.02 Å². The molecule has 2 rings (SSSR count). The van der Waals surface area contributed by atoms with Gasteiger partial charge in [0.15, 0.2) is 0 Å². The molecule has 6 heteroatoms. The topological polar surface area (TPSA) is 29.5 Å². The third kappa shape index (κ3) is 3.65. The minimum atomic E-state index is -0.437. The fraction of sp³-hybridized carbons (Fsp3) is 0.500. The molecule has 0 aromatic heterocycles. The first-order valence-electron chi connectivity index (χ1n) is 6.57. The quantitative estimate of drug-likeness (QED) is 0.752. The van der Waals surface area contributed by atoms with Gasteiger partial charge in [-0.3, -0.25) is 4.79 Å². The molecule has 0 radical (unpaired) electrons. The predicted molar refractivity (Wildman–Crippen MR) is 79.4 cm³/mol. The first kappa shape index (κ1) is 15.6. The van der Waals surface area contributed by atoms with E-state index in [0.717, 1.165) is 12.0 Å². The van der Waals surface area contributed by atoms with Gasteiger partial charge in [0.2, 0.25) is 5.91 Å². The molecule has 1 fully saturated rings. The molecule has 1 aliphatic heterocycles. The summed E-state index contributed by atoms with van der Waals surface area (Å²) in [6, 6.07) is 4.63. The Hall–Kier alpha value is -0.780. The first-order valence-corrected chi connectivity index (χ1v) is 8.00. The lowest BCUT2D eigenvalue weighted by Gasteiger charge is -2.24. The summed E-state index contributed by atoms with van der Waals surface area (Å²) in [5, 5.41) is 0.0129. The standard InChI is InChI=1S/C14H17ClFNO2S/c1-2-19-7-3-6-17-13(18)9-20-14(17)10-4-5-12(16)11(15)8-10/h4-5,8,14H,2-3,6-7,9H2,1H3. The molecule has 1 aromatic rings. The molecule has 1 heterocycles. The molecule has 0 N–H and O–H groups in total. The van der Waals surface area contributed by atoms with Gasteiger partial charge < -0.3 is 9.64 Å². The van der Waals surface area contributed by atoms with Crippen molar-refractivity contribution in [2.45, 2.75) is 18.7 Å². The summed E-state index contributed by atoms with van der Waals surface area (Å²) in [6.45, 7) is 3.91. The molecule has 0 aliphatic carbocycles. The van der Waals surface area contributed by atoms with Gasteiger partial charge in [0.25, 0.3) is 0 Å². The molecule has 110 valence electrons. The van der Waals surface area contributed by atoms with E-state index in [9.17, 15) is 9.18 Å². The normalized spacial score (nSPS) is 18.9. The van der Waals surface area contributed by atoms with E-state index in [2.05, 4.69) is 0 Å². The molecular weight excluding hydrogens is 301 g/mol. The Morgan fingerprint density at radius 1 is 1.55 bits per heavy atom. The van der Waals surface area contributed by atoms with Gasteiger partial charge in [0, 0.05) is 19.8 Å². The zero-order valence-corrected chi connectivity index (χ0v) is 12.8. The van der Waals surface area contributed by atoms with Crippen molar-refractivity contribution in [2.24, 2.45) is 0 Å². The minimum absolute atomic E-state index is 0.0813. The highest BCUT2D eigenvalue weighted by Gasteiger charge is 2.32. The zero-order chi connectivity index (χ0) is 14.5. The maximum absolute atomic E-state index is 13.2. The van der Waals surface area contributed by atoms with Crippen LogP contribution in [0.15, 0.2) is 18.2 Å². The van der Waals surface area contributed by atoms with Crippen molar-refractivity contribution in [3.8, 4) is 0 Å². The number of halogens is 2. The van der Waals surface area contributed by atoms with Gasteiger partial charge in [-0.25, -0.2) is 4.39 Å². The SMILES string of the molecule is CCOCCCN1C(=O)CSC1c1ccc(F)c(Cl)c1. The van der Waals surface area contributed by atoms with Crippen molar-refractivity contribution >= 4 is 29.3 Å². The van der Waals surface area contributed by atoms with Gasteiger partial charge in [-0.1, -0.05) is 17.7 Å². The van der Waals surface area contributed by atoms with Crippen LogP contribution < -0.4 is 0 Å². The summed E-state index contributed by atoms with van der Waals surface area (Å²) in [6.07, 6.45) is 0.797. The molecule has 1 atom stereocenters. The maximum atomic E-state index is 13.2. The summed E-state index contributed by atoms with van der Waals surface area (Å²) in [5.41, 5.74) is 0.864. The number of hydrogen-bond acceptors (Lipinski definition) is 3. The number of rotatable bonds is 6. The fourth-order valence-electron chi connectivity index (χ4n) is 2.12. The van der Waals surface area contributed by atoms with Crippen molar-refractivity contribution in [1.29, 1.82) is 0 Å². The molecule has 0 bridgehead atoms. The average Bonchev–Trinajstić information content (AvgIpc) is 2.79. The molecule has 1 amide bonds. The number of amides is 1. The largest absolute Gasteiger partial charge is 0.382 e. The first-order chi connectivity index (χ1) is 9.63. The maximum Gasteiger partial charge on any atom is 0.233 e. The van der Waals surface area contributed by atoms with Gasteiger partial charge in [0.1, 0.15) is 11.2 Å². The number of carbonyl (C=O) groups excluding carboxylic acids is 1. The lowest BCUT2D eigenvalue weighted by Crippen LogP contribution is -2.29. The van der Waals surface area contributed by atoms with Crippen LogP contribution in [0.25, 0.3) is 0 Å². The van der Waals surface area contributed by atoms with Crippen molar-refractivity contribution in [1.82, 2.24) is 4.90 Å². The van der Waals surface area contributed by atoms with Gasteiger partial charge in [-0.15, -0.1) is 11.8 Å². The van der Waals surface area contributed by atoms with Crippen molar-refractivity contribution < 1.29 is 13.9 Å². The number of carbonyl (C=O) groups is 1. The molecule has 0 spiro atoms. The van der Waals surface area contributed by atoms with Crippen LogP contribution in [-0.2, 0) is 9.53 Å². The minimum Gasteiger partial charge on any atom is -0.382 e. The van der Waals surface area contributed by atoms with Gasteiger partial charge in [0.05, 0.1) is 10.8 Å². The van der Waals surface area contributed by atoms with E-state index < -0.39 is 5.82 Å². The summed E-state index contributed by atoms with van der Waals surface area (Å²) in [7, 11) is 0. The average molecular weight is 318 g/mol. The number of ether oxygens (including phenoxy) is 1. The van der Waals surface area contributed by atoms with E-state index in [-0.39, 0.29) is 16.3 Å². The van der Waals surface area contributed by atoms with Gasteiger partial charge in [-0.05, 0) is 31.0 Å². The summed E-state index contributed by atoms with van der Waals surface area (Å²) < 4.78 is 18.5. The van der Waals surface area contributed by atoms with Crippen LogP contribution >= 0.6 is 23.4 Å². The Bertz CT molecular complexity index is 486. The number of nitrogens with zero attached hydrogens (tertiary/aromatic N) is 1. The molecule has 20 heavy (non-hydrogen) atoms.